The zero-order valence-corrected chi connectivity index (χ0v) is 6.33. The van der Waals surface area contributed by atoms with Crippen LogP contribution in [0, 0.1) is 6.92 Å². The molecule has 1 aromatic rings. The molecular weight excluding hydrogens is 136 g/mol. The summed E-state index contributed by atoms with van der Waals surface area (Å²) in [4.78, 5) is 0. The monoisotopic (exact) mass is 147 g/mol. The predicted octanol–water partition coefficient (Wildman–Crippen LogP) is 1.89. The minimum atomic E-state index is -1.15. The van der Waals surface area contributed by atoms with Gasteiger partial charge < -0.3 is 5.11 Å². The van der Waals surface area contributed by atoms with Crippen molar-refractivity contribution in [3.05, 3.63) is 55.5 Å². The van der Waals surface area contributed by atoms with Gasteiger partial charge in [-0.05, 0) is 12.5 Å². The van der Waals surface area contributed by atoms with Crippen LogP contribution in [0.15, 0.2) is 43.0 Å². The van der Waals surface area contributed by atoms with E-state index < -0.39 is 5.60 Å². The molecule has 0 aromatic heterocycles. The molecule has 1 unspecified atom stereocenters. The molecule has 0 bridgehead atoms. The minimum absolute atomic E-state index is 0.759. The highest BCUT2D eigenvalue weighted by Gasteiger charge is 2.16. The first kappa shape index (κ1) is 8.02. The molecule has 1 heteroatoms. The van der Waals surface area contributed by atoms with Crippen LogP contribution in [0.1, 0.15) is 5.56 Å². The van der Waals surface area contributed by atoms with Gasteiger partial charge in [0.15, 0.2) is 0 Å². The van der Waals surface area contributed by atoms with Crippen molar-refractivity contribution in [3.8, 4) is 0 Å². The minimum Gasteiger partial charge on any atom is -0.381 e. The van der Waals surface area contributed by atoms with Crippen LogP contribution >= 0.6 is 0 Å². The van der Waals surface area contributed by atoms with E-state index in [0.29, 0.717) is 0 Å². The van der Waals surface area contributed by atoms with Crippen LogP contribution in [0.25, 0.3) is 0 Å². The Hall–Kier alpha value is -1.08. The Morgan fingerprint density at radius 2 is 1.82 bits per heavy atom. The van der Waals surface area contributed by atoms with E-state index in [1.54, 1.807) is 0 Å². The lowest BCUT2D eigenvalue weighted by Crippen LogP contribution is -2.17. The fourth-order valence-corrected chi connectivity index (χ4v) is 0.845. The van der Waals surface area contributed by atoms with Gasteiger partial charge in [-0.2, -0.15) is 0 Å². The number of hydrogen-bond acceptors (Lipinski definition) is 1. The van der Waals surface area contributed by atoms with E-state index >= 15 is 0 Å². The topological polar surface area (TPSA) is 20.2 Å². The standard InChI is InChI=1S/C10H11O/c1-3-10(2,11)9-7-5-4-6-8-9/h3-8,11H,1-2H2. The quantitative estimate of drug-likeness (QED) is 0.633. The lowest BCUT2D eigenvalue weighted by atomic mass is 9.97. The molecule has 0 saturated carbocycles. The summed E-state index contributed by atoms with van der Waals surface area (Å²) in [7, 11) is 0. The van der Waals surface area contributed by atoms with Crippen molar-refractivity contribution in [2.75, 3.05) is 0 Å². The number of benzene rings is 1. The Kier molecular flexibility index (Phi) is 2.11. The molecule has 57 valence electrons. The van der Waals surface area contributed by atoms with Gasteiger partial charge in [0.1, 0.15) is 5.60 Å². The first-order valence-corrected chi connectivity index (χ1v) is 3.43. The van der Waals surface area contributed by atoms with Crippen LogP contribution in [0.2, 0.25) is 0 Å². The molecule has 0 amide bonds. The molecule has 11 heavy (non-hydrogen) atoms. The Morgan fingerprint density at radius 1 is 1.27 bits per heavy atom. The summed E-state index contributed by atoms with van der Waals surface area (Å²) < 4.78 is 0. The van der Waals surface area contributed by atoms with Gasteiger partial charge in [-0.25, -0.2) is 0 Å². The molecule has 0 aliphatic carbocycles. The van der Waals surface area contributed by atoms with Crippen molar-refractivity contribution < 1.29 is 5.11 Å². The van der Waals surface area contributed by atoms with Gasteiger partial charge >= 0.3 is 0 Å². The highest BCUT2D eigenvalue weighted by molar-refractivity contribution is 5.27. The largest absolute Gasteiger partial charge is 0.381 e. The third-order valence-electron chi connectivity index (χ3n) is 1.61. The molecular formula is C10H11O. The summed E-state index contributed by atoms with van der Waals surface area (Å²) in [6, 6.07) is 9.23. The van der Waals surface area contributed by atoms with Crippen molar-refractivity contribution in [2.24, 2.45) is 0 Å². The van der Waals surface area contributed by atoms with Gasteiger partial charge in [-0.3, -0.25) is 0 Å². The molecule has 1 aromatic carbocycles. The molecule has 0 fully saturated rings. The lowest BCUT2D eigenvalue weighted by molar-refractivity contribution is 0.141. The molecule has 1 N–H and O–H groups in total. The van der Waals surface area contributed by atoms with Crippen LogP contribution in [-0.2, 0) is 5.60 Å². The van der Waals surface area contributed by atoms with Crippen LogP contribution in [0.3, 0.4) is 0 Å². The van der Waals surface area contributed by atoms with E-state index in [9.17, 15) is 5.11 Å². The third kappa shape index (κ3) is 1.69. The third-order valence-corrected chi connectivity index (χ3v) is 1.61. The summed E-state index contributed by atoms with van der Waals surface area (Å²) in [5, 5.41) is 9.57. The predicted molar refractivity (Wildman–Crippen MR) is 45.9 cm³/mol. The Labute approximate surface area is 67.0 Å². The fraction of sp³-hybridized carbons (Fsp3) is 0.100. The van der Waals surface area contributed by atoms with Gasteiger partial charge in [0, 0.05) is 0 Å². The highest BCUT2D eigenvalue weighted by atomic mass is 16.3. The van der Waals surface area contributed by atoms with Gasteiger partial charge in [-0.1, -0.05) is 43.0 Å². The maximum Gasteiger partial charge on any atom is 0.108 e. The van der Waals surface area contributed by atoms with Crippen LogP contribution in [0.5, 0.6) is 0 Å². The van der Waals surface area contributed by atoms with Crippen molar-refractivity contribution >= 4 is 0 Å². The Balaban J connectivity index is 3.02. The normalized spacial score (nSPS) is 15.5. The van der Waals surface area contributed by atoms with Crippen LogP contribution in [-0.4, -0.2) is 5.11 Å². The van der Waals surface area contributed by atoms with E-state index in [0.717, 1.165) is 5.56 Å². The average molecular weight is 147 g/mol. The van der Waals surface area contributed by atoms with E-state index in [2.05, 4.69) is 13.5 Å². The zero-order valence-electron chi connectivity index (χ0n) is 6.33. The molecule has 1 nitrogen and oxygen atoms in total. The maximum absolute atomic E-state index is 9.57. The van der Waals surface area contributed by atoms with Crippen molar-refractivity contribution in [1.82, 2.24) is 0 Å². The summed E-state index contributed by atoms with van der Waals surface area (Å²) >= 11 is 0. The van der Waals surface area contributed by atoms with Crippen molar-refractivity contribution in [1.29, 1.82) is 0 Å². The SMILES string of the molecule is [CH2]C(O)(C=C)c1ccccc1. The van der Waals surface area contributed by atoms with E-state index in [1.807, 2.05) is 30.3 Å². The summed E-state index contributed by atoms with van der Waals surface area (Å²) in [5.41, 5.74) is -0.392. The number of hydrogen-bond donors (Lipinski definition) is 1. The second-order valence-corrected chi connectivity index (χ2v) is 2.49. The molecule has 1 rings (SSSR count). The fourth-order valence-electron chi connectivity index (χ4n) is 0.845. The van der Waals surface area contributed by atoms with Crippen molar-refractivity contribution in [2.45, 2.75) is 5.60 Å². The molecule has 1 atom stereocenters. The molecule has 0 aliphatic heterocycles. The zero-order chi connectivity index (χ0) is 8.32. The first-order valence-electron chi connectivity index (χ1n) is 3.43. The molecule has 0 aliphatic rings. The number of aliphatic hydroxyl groups is 1. The van der Waals surface area contributed by atoms with E-state index in [4.69, 9.17) is 0 Å². The Morgan fingerprint density at radius 3 is 2.27 bits per heavy atom. The second-order valence-electron chi connectivity index (χ2n) is 2.49. The lowest BCUT2D eigenvalue weighted by Gasteiger charge is -2.17. The summed E-state index contributed by atoms with van der Waals surface area (Å²) in [5.74, 6) is 0. The number of rotatable bonds is 2. The second kappa shape index (κ2) is 2.89. The highest BCUT2D eigenvalue weighted by Crippen LogP contribution is 2.19. The Bertz CT molecular complexity index is 236. The first-order chi connectivity index (χ1) is 5.17. The molecule has 1 radical (unpaired) electrons. The smallest absolute Gasteiger partial charge is 0.108 e. The maximum atomic E-state index is 9.57. The van der Waals surface area contributed by atoms with Crippen LogP contribution < -0.4 is 0 Å². The van der Waals surface area contributed by atoms with Gasteiger partial charge in [0.05, 0.1) is 0 Å². The molecule has 0 spiro atoms. The summed E-state index contributed by atoms with van der Waals surface area (Å²) in [6.07, 6.45) is 1.42. The molecule has 0 heterocycles. The van der Waals surface area contributed by atoms with Crippen molar-refractivity contribution in [3.63, 3.8) is 0 Å². The van der Waals surface area contributed by atoms with E-state index in [-0.39, 0.29) is 0 Å². The molecule has 0 saturated heterocycles. The van der Waals surface area contributed by atoms with Gasteiger partial charge in [-0.15, -0.1) is 0 Å². The van der Waals surface area contributed by atoms with E-state index in [1.165, 1.54) is 6.08 Å². The van der Waals surface area contributed by atoms with Gasteiger partial charge in [0.25, 0.3) is 0 Å². The van der Waals surface area contributed by atoms with Crippen LogP contribution in [0.4, 0.5) is 0 Å². The van der Waals surface area contributed by atoms with Gasteiger partial charge in [0.2, 0.25) is 0 Å². The average Bonchev–Trinajstić information content (AvgIpc) is 2.06. The summed E-state index contributed by atoms with van der Waals surface area (Å²) in [6.45, 7) is 7.09.